The Bertz CT molecular complexity index is 487. The SMILES string of the molecule is CC(C)(C)c1oc(CC2CC2)c(C(=O)O)c1C=O. The van der Waals surface area contributed by atoms with Crippen molar-refractivity contribution in [3.8, 4) is 0 Å². The smallest absolute Gasteiger partial charge is 0.340 e. The maximum atomic E-state index is 11.3. The molecule has 1 aromatic heterocycles. The van der Waals surface area contributed by atoms with Gasteiger partial charge in [0, 0.05) is 11.8 Å². The molecule has 1 saturated carbocycles. The van der Waals surface area contributed by atoms with Crippen molar-refractivity contribution >= 4 is 12.3 Å². The molecule has 1 N–H and O–H groups in total. The Morgan fingerprint density at radius 2 is 2.06 bits per heavy atom. The van der Waals surface area contributed by atoms with E-state index in [0.29, 0.717) is 30.1 Å². The molecular formula is C14H18O4. The van der Waals surface area contributed by atoms with E-state index >= 15 is 0 Å². The average molecular weight is 250 g/mol. The third kappa shape index (κ3) is 2.33. The largest absolute Gasteiger partial charge is 0.478 e. The lowest BCUT2D eigenvalue weighted by Crippen LogP contribution is -2.13. The van der Waals surface area contributed by atoms with Gasteiger partial charge in [0.05, 0.1) is 5.56 Å². The van der Waals surface area contributed by atoms with Gasteiger partial charge < -0.3 is 9.52 Å². The minimum Gasteiger partial charge on any atom is -0.478 e. The summed E-state index contributed by atoms with van der Waals surface area (Å²) in [6.45, 7) is 5.72. The van der Waals surface area contributed by atoms with Crippen LogP contribution in [0, 0.1) is 5.92 Å². The number of aldehydes is 1. The molecule has 0 atom stereocenters. The van der Waals surface area contributed by atoms with E-state index in [0.717, 1.165) is 12.8 Å². The zero-order valence-electron chi connectivity index (χ0n) is 10.9. The number of hydrogen-bond donors (Lipinski definition) is 1. The van der Waals surface area contributed by atoms with E-state index < -0.39 is 5.97 Å². The highest BCUT2D eigenvalue weighted by Gasteiger charge is 2.33. The molecule has 1 heterocycles. The standard InChI is InChI=1S/C14H18O4/c1-14(2,3)12-9(7-15)11(13(16)17)10(18-12)6-8-4-5-8/h7-8H,4-6H2,1-3H3,(H,16,17). The van der Waals surface area contributed by atoms with Crippen molar-refractivity contribution in [1.82, 2.24) is 0 Å². The molecule has 0 unspecified atom stereocenters. The maximum Gasteiger partial charge on any atom is 0.340 e. The van der Waals surface area contributed by atoms with Crippen molar-refractivity contribution in [3.05, 3.63) is 22.6 Å². The van der Waals surface area contributed by atoms with E-state index in [9.17, 15) is 14.7 Å². The molecule has 4 nitrogen and oxygen atoms in total. The fourth-order valence-electron chi connectivity index (χ4n) is 2.12. The summed E-state index contributed by atoms with van der Waals surface area (Å²) in [4.78, 5) is 22.5. The van der Waals surface area contributed by atoms with E-state index in [-0.39, 0.29) is 16.5 Å². The van der Waals surface area contributed by atoms with Crippen LogP contribution in [0.3, 0.4) is 0 Å². The van der Waals surface area contributed by atoms with Crippen LogP contribution in [0.2, 0.25) is 0 Å². The molecule has 0 aromatic carbocycles. The Morgan fingerprint density at radius 3 is 2.44 bits per heavy atom. The quantitative estimate of drug-likeness (QED) is 0.834. The number of rotatable bonds is 4. The first-order valence-electron chi connectivity index (χ1n) is 6.19. The number of carbonyl (C=O) groups is 2. The monoisotopic (exact) mass is 250 g/mol. The molecule has 4 heteroatoms. The fraction of sp³-hybridized carbons (Fsp3) is 0.571. The van der Waals surface area contributed by atoms with Gasteiger partial charge in [-0.3, -0.25) is 4.79 Å². The molecule has 1 aliphatic rings. The van der Waals surface area contributed by atoms with Crippen LogP contribution in [-0.4, -0.2) is 17.4 Å². The van der Waals surface area contributed by atoms with Gasteiger partial charge in [-0.15, -0.1) is 0 Å². The maximum absolute atomic E-state index is 11.3. The summed E-state index contributed by atoms with van der Waals surface area (Å²) >= 11 is 0. The van der Waals surface area contributed by atoms with Crippen LogP contribution in [0.5, 0.6) is 0 Å². The molecule has 0 amide bonds. The van der Waals surface area contributed by atoms with Crippen LogP contribution < -0.4 is 0 Å². The van der Waals surface area contributed by atoms with Crippen molar-refractivity contribution in [2.45, 2.75) is 45.4 Å². The third-order valence-corrected chi connectivity index (χ3v) is 3.20. The summed E-state index contributed by atoms with van der Waals surface area (Å²) in [5.41, 5.74) is -0.116. The lowest BCUT2D eigenvalue weighted by atomic mass is 9.89. The minimum atomic E-state index is -1.08. The van der Waals surface area contributed by atoms with Gasteiger partial charge in [-0.2, -0.15) is 0 Å². The molecule has 98 valence electrons. The van der Waals surface area contributed by atoms with E-state index in [2.05, 4.69) is 0 Å². The molecule has 2 rings (SSSR count). The molecule has 0 radical (unpaired) electrons. The first-order valence-corrected chi connectivity index (χ1v) is 6.19. The molecule has 1 fully saturated rings. The number of furan rings is 1. The van der Waals surface area contributed by atoms with Gasteiger partial charge in [-0.1, -0.05) is 20.8 Å². The lowest BCUT2D eigenvalue weighted by molar-refractivity contribution is 0.0691. The van der Waals surface area contributed by atoms with Gasteiger partial charge in [0.1, 0.15) is 17.1 Å². The van der Waals surface area contributed by atoms with Gasteiger partial charge >= 0.3 is 5.97 Å². The Balaban J connectivity index is 2.54. The summed E-state index contributed by atoms with van der Waals surface area (Å²) in [6.07, 6.45) is 3.45. The summed E-state index contributed by atoms with van der Waals surface area (Å²) in [7, 11) is 0. The Labute approximate surface area is 106 Å². The van der Waals surface area contributed by atoms with Crippen molar-refractivity contribution in [1.29, 1.82) is 0 Å². The molecule has 18 heavy (non-hydrogen) atoms. The molecule has 0 bridgehead atoms. The predicted molar refractivity (Wildman–Crippen MR) is 66.2 cm³/mol. The van der Waals surface area contributed by atoms with Crippen LogP contribution in [0.4, 0.5) is 0 Å². The van der Waals surface area contributed by atoms with Gasteiger partial charge in [0.15, 0.2) is 6.29 Å². The number of carboxylic acids is 1. The topological polar surface area (TPSA) is 67.5 Å². The van der Waals surface area contributed by atoms with E-state index in [1.807, 2.05) is 20.8 Å². The minimum absolute atomic E-state index is 0.0572. The Hall–Kier alpha value is -1.58. The second kappa shape index (κ2) is 4.26. The summed E-state index contributed by atoms with van der Waals surface area (Å²) in [5, 5.41) is 9.27. The Morgan fingerprint density at radius 1 is 1.44 bits per heavy atom. The lowest BCUT2D eigenvalue weighted by Gasteiger charge is -2.15. The second-order valence-corrected chi connectivity index (χ2v) is 5.96. The van der Waals surface area contributed by atoms with Crippen LogP contribution in [0.25, 0.3) is 0 Å². The molecule has 0 saturated heterocycles. The summed E-state index contributed by atoms with van der Waals surface area (Å²) in [5.74, 6) is 0.371. The third-order valence-electron chi connectivity index (χ3n) is 3.20. The zero-order chi connectivity index (χ0) is 13.5. The highest BCUT2D eigenvalue weighted by molar-refractivity contribution is 5.99. The van der Waals surface area contributed by atoms with E-state index in [1.165, 1.54) is 0 Å². The average Bonchev–Trinajstić information content (AvgIpc) is 2.94. The molecular weight excluding hydrogens is 232 g/mol. The second-order valence-electron chi connectivity index (χ2n) is 5.96. The van der Waals surface area contributed by atoms with Crippen LogP contribution in [0.1, 0.15) is 65.8 Å². The molecule has 0 aliphatic heterocycles. The first kappa shape index (κ1) is 12.9. The van der Waals surface area contributed by atoms with Crippen LogP contribution >= 0.6 is 0 Å². The predicted octanol–water partition coefficient (Wildman–Crippen LogP) is 3.04. The highest BCUT2D eigenvalue weighted by atomic mass is 16.4. The normalized spacial score (nSPS) is 15.7. The van der Waals surface area contributed by atoms with Crippen LogP contribution in [-0.2, 0) is 11.8 Å². The van der Waals surface area contributed by atoms with Crippen molar-refractivity contribution in [2.24, 2.45) is 5.92 Å². The van der Waals surface area contributed by atoms with Gasteiger partial charge in [-0.05, 0) is 18.8 Å². The van der Waals surface area contributed by atoms with E-state index in [1.54, 1.807) is 0 Å². The number of carbonyl (C=O) groups excluding carboxylic acids is 1. The van der Waals surface area contributed by atoms with Crippen molar-refractivity contribution < 1.29 is 19.1 Å². The van der Waals surface area contributed by atoms with Gasteiger partial charge in [0.2, 0.25) is 0 Å². The highest BCUT2D eigenvalue weighted by Crippen LogP contribution is 2.38. The fourth-order valence-corrected chi connectivity index (χ4v) is 2.12. The number of carboxylic acid groups (broad SMARTS) is 1. The van der Waals surface area contributed by atoms with E-state index in [4.69, 9.17) is 4.42 Å². The van der Waals surface area contributed by atoms with Crippen LogP contribution in [0.15, 0.2) is 4.42 Å². The van der Waals surface area contributed by atoms with Crippen molar-refractivity contribution in [3.63, 3.8) is 0 Å². The van der Waals surface area contributed by atoms with Gasteiger partial charge in [0.25, 0.3) is 0 Å². The summed E-state index contributed by atoms with van der Waals surface area (Å²) < 4.78 is 5.70. The number of aromatic carboxylic acids is 1. The van der Waals surface area contributed by atoms with Gasteiger partial charge in [-0.25, -0.2) is 4.79 Å². The Kier molecular flexibility index (Phi) is 3.05. The molecule has 0 spiro atoms. The zero-order valence-corrected chi connectivity index (χ0v) is 10.9. The summed E-state index contributed by atoms with van der Waals surface area (Å²) in [6, 6.07) is 0. The molecule has 1 aliphatic carbocycles. The molecule has 1 aromatic rings. The first-order chi connectivity index (χ1) is 8.34. The van der Waals surface area contributed by atoms with Crippen molar-refractivity contribution in [2.75, 3.05) is 0 Å². The number of hydrogen-bond acceptors (Lipinski definition) is 3.